The van der Waals surface area contributed by atoms with Crippen LogP contribution in [0.5, 0.6) is 5.75 Å². The average Bonchev–Trinajstić information content (AvgIpc) is 2.69. The number of carbonyl (C=O) groups is 1. The van der Waals surface area contributed by atoms with Gasteiger partial charge in [0.05, 0.1) is 22.8 Å². The number of rotatable bonds is 11. The molecule has 0 aliphatic carbocycles. The van der Waals surface area contributed by atoms with Gasteiger partial charge in [-0.1, -0.05) is 13.3 Å². The van der Waals surface area contributed by atoms with E-state index in [1.54, 1.807) is 24.3 Å². The van der Waals surface area contributed by atoms with Crippen molar-refractivity contribution in [3.05, 3.63) is 48.0 Å². The number of anilines is 2. The molecular weight excluding hydrogens is 392 g/mol. The van der Waals surface area contributed by atoms with Gasteiger partial charge in [-0.15, -0.1) is 0 Å². The van der Waals surface area contributed by atoms with E-state index in [4.69, 9.17) is 4.74 Å². The minimum Gasteiger partial charge on any atom is -0.494 e. The average molecular weight is 421 g/mol. The summed E-state index contributed by atoms with van der Waals surface area (Å²) in [5, 5.41) is 9.64. The zero-order valence-electron chi connectivity index (χ0n) is 17.0. The second kappa shape index (κ2) is 10.2. The fraction of sp³-hybridized carbons (Fsp3) is 0.381. The first-order chi connectivity index (χ1) is 13.8. The highest BCUT2D eigenvalue weighted by Crippen LogP contribution is 2.27. The molecule has 0 fully saturated rings. The Morgan fingerprint density at radius 3 is 2.34 bits per heavy atom. The molecule has 0 unspecified atom stereocenters. The molecule has 0 aromatic heterocycles. The topological polar surface area (TPSA) is 95.9 Å². The highest BCUT2D eigenvalue weighted by molar-refractivity contribution is 7.92. The van der Waals surface area contributed by atoms with Gasteiger partial charge in [-0.2, -0.15) is 0 Å². The second-order valence-electron chi connectivity index (χ2n) is 6.48. The van der Waals surface area contributed by atoms with E-state index in [9.17, 15) is 18.3 Å². The van der Waals surface area contributed by atoms with Crippen LogP contribution in [0.25, 0.3) is 0 Å². The Balaban J connectivity index is 2.30. The first-order valence-electron chi connectivity index (χ1n) is 9.70. The molecule has 0 saturated carbocycles. The Bertz CT molecular complexity index is 927. The molecule has 0 bridgehead atoms. The Hall–Kier alpha value is -2.74. The Morgan fingerprint density at radius 2 is 1.79 bits per heavy atom. The van der Waals surface area contributed by atoms with Gasteiger partial charge in [-0.3, -0.25) is 4.72 Å². The summed E-state index contributed by atoms with van der Waals surface area (Å²) in [6.07, 6.45) is 1.94. The van der Waals surface area contributed by atoms with Crippen molar-refractivity contribution >= 4 is 27.4 Å². The van der Waals surface area contributed by atoms with Crippen LogP contribution in [-0.2, 0) is 10.0 Å². The van der Waals surface area contributed by atoms with E-state index in [0.717, 1.165) is 19.4 Å². The summed E-state index contributed by atoms with van der Waals surface area (Å²) in [5.74, 6) is -0.521. The maximum absolute atomic E-state index is 12.7. The Morgan fingerprint density at radius 1 is 1.10 bits per heavy atom. The molecule has 7 nitrogen and oxygen atoms in total. The van der Waals surface area contributed by atoms with E-state index in [2.05, 4.69) is 11.6 Å². The fourth-order valence-corrected chi connectivity index (χ4v) is 3.99. The minimum absolute atomic E-state index is 0.0647. The van der Waals surface area contributed by atoms with Gasteiger partial charge in [0.15, 0.2) is 0 Å². The molecule has 2 rings (SSSR count). The monoisotopic (exact) mass is 420 g/mol. The van der Waals surface area contributed by atoms with Crippen molar-refractivity contribution < 1.29 is 23.1 Å². The van der Waals surface area contributed by atoms with Crippen LogP contribution in [0.4, 0.5) is 11.4 Å². The summed E-state index contributed by atoms with van der Waals surface area (Å²) in [5.41, 5.74) is 0.846. The number of sulfonamides is 1. The lowest BCUT2D eigenvalue weighted by Crippen LogP contribution is -2.26. The van der Waals surface area contributed by atoms with Gasteiger partial charge in [0.1, 0.15) is 5.75 Å². The first-order valence-corrected chi connectivity index (χ1v) is 11.2. The largest absolute Gasteiger partial charge is 0.494 e. The van der Waals surface area contributed by atoms with E-state index in [-0.39, 0.29) is 16.1 Å². The van der Waals surface area contributed by atoms with E-state index >= 15 is 0 Å². The van der Waals surface area contributed by atoms with E-state index in [1.807, 2.05) is 18.7 Å². The zero-order valence-corrected chi connectivity index (χ0v) is 17.8. The number of hydrogen-bond acceptors (Lipinski definition) is 5. The third kappa shape index (κ3) is 5.87. The molecule has 2 N–H and O–H groups in total. The lowest BCUT2D eigenvalue weighted by Gasteiger charge is -2.25. The lowest BCUT2D eigenvalue weighted by atomic mass is 10.1. The van der Waals surface area contributed by atoms with E-state index in [1.165, 1.54) is 18.2 Å². The lowest BCUT2D eigenvalue weighted by molar-refractivity contribution is 0.0697. The quantitative estimate of drug-likeness (QED) is 0.565. The zero-order chi connectivity index (χ0) is 21.4. The maximum atomic E-state index is 12.7. The number of nitrogens with zero attached hydrogens (tertiary/aromatic N) is 1. The fourth-order valence-electron chi connectivity index (χ4n) is 2.94. The number of unbranched alkanes of at least 4 members (excludes halogenated alkanes) is 1. The van der Waals surface area contributed by atoms with Crippen molar-refractivity contribution in [3.63, 3.8) is 0 Å². The van der Waals surface area contributed by atoms with Gasteiger partial charge in [-0.25, -0.2) is 13.2 Å². The SMILES string of the molecule is CCCCN(CC)c1ccc(NS(=O)(=O)c2ccc(OCC)cc2)cc1C(=O)O. The number of ether oxygens (including phenoxy) is 1. The van der Waals surface area contributed by atoms with Crippen molar-refractivity contribution in [3.8, 4) is 5.75 Å². The van der Waals surface area contributed by atoms with Crippen LogP contribution in [0, 0.1) is 0 Å². The van der Waals surface area contributed by atoms with Gasteiger partial charge >= 0.3 is 5.97 Å². The van der Waals surface area contributed by atoms with Crippen LogP contribution in [0.1, 0.15) is 44.0 Å². The van der Waals surface area contributed by atoms with Crippen LogP contribution in [0.2, 0.25) is 0 Å². The number of benzene rings is 2. The van der Waals surface area contributed by atoms with E-state index in [0.29, 0.717) is 24.6 Å². The van der Waals surface area contributed by atoms with Crippen molar-refractivity contribution in [1.29, 1.82) is 0 Å². The number of nitrogens with one attached hydrogen (secondary N) is 1. The first kappa shape index (κ1) is 22.5. The van der Waals surface area contributed by atoms with Crippen molar-refractivity contribution in [2.75, 3.05) is 29.3 Å². The van der Waals surface area contributed by atoms with Gasteiger partial charge < -0.3 is 14.7 Å². The third-order valence-electron chi connectivity index (χ3n) is 4.43. The second-order valence-corrected chi connectivity index (χ2v) is 8.16. The van der Waals surface area contributed by atoms with Gasteiger partial charge in [0.25, 0.3) is 10.0 Å². The molecular formula is C21H28N2O5S. The Labute approximate surface area is 172 Å². The smallest absolute Gasteiger partial charge is 0.337 e. The molecule has 158 valence electrons. The maximum Gasteiger partial charge on any atom is 0.337 e. The van der Waals surface area contributed by atoms with Crippen LogP contribution in [-0.4, -0.2) is 39.2 Å². The third-order valence-corrected chi connectivity index (χ3v) is 5.83. The predicted molar refractivity (Wildman–Crippen MR) is 115 cm³/mol. The normalized spacial score (nSPS) is 11.1. The molecule has 0 aliphatic heterocycles. The summed E-state index contributed by atoms with van der Waals surface area (Å²) in [6, 6.07) is 10.7. The summed E-state index contributed by atoms with van der Waals surface area (Å²) < 4.78 is 33.1. The molecule has 29 heavy (non-hydrogen) atoms. The van der Waals surface area contributed by atoms with Gasteiger partial charge in [0, 0.05) is 18.8 Å². The highest BCUT2D eigenvalue weighted by atomic mass is 32.2. The van der Waals surface area contributed by atoms with Crippen LogP contribution in [0.15, 0.2) is 47.4 Å². The summed E-state index contributed by atoms with van der Waals surface area (Å²) >= 11 is 0. The molecule has 0 radical (unpaired) electrons. The molecule has 0 spiro atoms. The minimum atomic E-state index is -3.85. The number of aromatic carboxylic acids is 1. The van der Waals surface area contributed by atoms with Crippen LogP contribution >= 0.6 is 0 Å². The summed E-state index contributed by atoms with van der Waals surface area (Å²) in [4.78, 5) is 13.8. The van der Waals surface area contributed by atoms with Crippen LogP contribution in [0.3, 0.4) is 0 Å². The molecule has 0 atom stereocenters. The van der Waals surface area contributed by atoms with Crippen molar-refractivity contribution in [1.82, 2.24) is 0 Å². The molecule has 0 amide bonds. The number of carboxylic acid groups (broad SMARTS) is 1. The van der Waals surface area contributed by atoms with Crippen molar-refractivity contribution in [2.24, 2.45) is 0 Å². The molecule has 0 heterocycles. The molecule has 2 aromatic carbocycles. The summed E-state index contributed by atoms with van der Waals surface area (Å²) in [6.45, 7) is 7.77. The molecule has 0 aliphatic rings. The van der Waals surface area contributed by atoms with Crippen molar-refractivity contribution in [2.45, 2.75) is 38.5 Å². The Kier molecular flexibility index (Phi) is 7.90. The van der Waals surface area contributed by atoms with Gasteiger partial charge in [-0.05, 0) is 62.7 Å². The molecule has 8 heteroatoms. The van der Waals surface area contributed by atoms with Crippen LogP contribution < -0.4 is 14.4 Å². The number of carboxylic acids is 1. The van der Waals surface area contributed by atoms with Gasteiger partial charge in [0.2, 0.25) is 0 Å². The molecule has 2 aromatic rings. The van der Waals surface area contributed by atoms with E-state index < -0.39 is 16.0 Å². The highest BCUT2D eigenvalue weighted by Gasteiger charge is 2.19. The summed E-state index contributed by atoms with van der Waals surface area (Å²) in [7, 11) is -3.85. The predicted octanol–water partition coefficient (Wildman–Crippen LogP) is 4.21. The molecule has 0 saturated heterocycles. The number of hydrogen-bond donors (Lipinski definition) is 2. The standard InChI is InChI=1S/C21H28N2O5S/c1-4-7-14-23(5-2)20-13-8-16(15-19(20)21(24)25)22-29(26,27)18-11-9-17(10-12-18)28-6-3/h8-13,15,22H,4-7,14H2,1-3H3,(H,24,25).